The van der Waals surface area contributed by atoms with E-state index in [0.29, 0.717) is 33.0 Å². The predicted molar refractivity (Wildman–Crippen MR) is 156 cm³/mol. The number of aromatic nitrogens is 1. The van der Waals surface area contributed by atoms with Crippen molar-refractivity contribution in [1.82, 2.24) is 4.57 Å². The van der Waals surface area contributed by atoms with Crippen LogP contribution in [0.4, 0.5) is 11.4 Å². The number of hydrogen-bond donors (Lipinski definition) is 2. The van der Waals surface area contributed by atoms with E-state index >= 15 is 0 Å². The maximum absolute atomic E-state index is 13.6. The van der Waals surface area contributed by atoms with Crippen LogP contribution in [0.5, 0.6) is 5.75 Å². The number of nitrogens with one attached hydrogen (secondary N) is 1. The molecule has 12 heteroatoms. The van der Waals surface area contributed by atoms with Crippen molar-refractivity contribution in [3.05, 3.63) is 121 Å². The van der Waals surface area contributed by atoms with Crippen molar-refractivity contribution in [3.8, 4) is 16.9 Å². The van der Waals surface area contributed by atoms with E-state index in [1.807, 2.05) is 0 Å². The Kier molecular flexibility index (Phi) is 8.82. The number of rotatable bonds is 10. The fraction of sp³-hybridized carbons (Fsp3) is 0.133. The second-order valence-corrected chi connectivity index (χ2v) is 9.70. The molecule has 11 nitrogen and oxygen atoms in total. The molecule has 0 saturated heterocycles. The van der Waals surface area contributed by atoms with Crippen LogP contribution in [0.3, 0.4) is 0 Å². The molecule has 0 spiro atoms. The Bertz CT molecular complexity index is 1750. The molecular weight excluding hydrogens is 566 g/mol. The van der Waals surface area contributed by atoms with Crippen molar-refractivity contribution in [2.75, 3.05) is 12.4 Å². The first-order chi connectivity index (χ1) is 20.0. The van der Waals surface area contributed by atoms with Crippen LogP contribution in [-0.4, -0.2) is 39.4 Å². The van der Waals surface area contributed by atoms with E-state index in [2.05, 4.69) is 5.32 Å². The van der Waals surface area contributed by atoms with Gasteiger partial charge in [0.2, 0.25) is 5.91 Å². The Labute approximate surface area is 244 Å². The third-order valence-electron chi connectivity index (χ3n) is 6.53. The van der Waals surface area contributed by atoms with Gasteiger partial charge in [0.15, 0.2) is 5.78 Å². The zero-order chi connectivity index (χ0) is 30.6. The molecule has 2 N–H and O–H groups in total. The number of ether oxygens (including phenoxy) is 1. The number of nitro groups is 1. The number of non-ortho nitro benzene ring substituents is 1. The van der Waals surface area contributed by atoms with E-state index in [4.69, 9.17) is 21.4 Å². The minimum Gasteiger partial charge on any atom is -0.495 e. The van der Waals surface area contributed by atoms with Gasteiger partial charge in [0.25, 0.3) is 11.2 Å². The fourth-order valence-electron chi connectivity index (χ4n) is 4.41. The number of carboxylic acids is 1. The number of halogens is 1. The molecule has 0 radical (unpaired) electrons. The Hall–Kier alpha value is -5.29. The number of aromatic carboxylic acids is 1. The monoisotopic (exact) mass is 589 g/mol. The lowest BCUT2D eigenvalue weighted by Crippen LogP contribution is -2.34. The summed E-state index contributed by atoms with van der Waals surface area (Å²) in [7, 11) is 1.38. The molecular formula is C30H24ClN3O8. The zero-order valence-corrected chi connectivity index (χ0v) is 23.1. The summed E-state index contributed by atoms with van der Waals surface area (Å²) in [4.78, 5) is 61.2. The summed E-state index contributed by atoms with van der Waals surface area (Å²) in [5.41, 5.74) is 1.12. The summed E-state index contributed by atoms with van der Waals surface area (Å²) in [5, 5.41) is 23.3. The highest BCUT2D eigenvalue weighted by Crippen LogP contribution is 2.34. The highest BCUT2D eigenvalue weighted by atomic mass is 35.5. The molecule has 42 heavy (non-hydrogen) atoms. The van der Waals surface area contributed by atoms with Crippen molar-refractivity contribution < 1.29 is 29.2 Å². The largest absolute Gasteiger partial charge is 0.495 e. The molecule has 0 aliphatic rings. The second-order valence-electron chi connectivity index (χ2n) is 9.26. The molecule has 1 unspecified atom stereocenters. The van der Waals surface area contributed by atoms with Crippen molar-refractivity contribution in [1.29, 1.82) is 0 Å². The first-order valence-corrected chi connectivity index (χ1v) is 12.8. The van der Waals surface area contributed by atoms with Gasteiger partial charge >= 0.3 is 5.97 Å². The minimum atomic E-state index is -1.16. The van der Waals surface area contributed by atoms with E-state index in [0.717, 1.165) is 0 Å². The quantitative estimate of drug-likeness (QED) is 0.141. The topological polar surface area (TPSA) is 158 Å². The van der Waals surface area contributed by atoms with Crippen LogP contribution in [0, 0.1) is 10.1 Å². The number of anilines is 1. The molecule has 1 aromatic heterocycles. The highest BCUT2D eigenvalue weighted by molar-refractivity contribution is 6.31. The van der Waals surface area contributed by atoms with Gasteiger partial charge in [-0.3, -0.25) is 29.1 Å². The molecule has 0 fully saturated rings. The Morgan fingerprint density at radius 3 is 2.26 bits per heavy atom. The Morgan fingerprint density at radius 1 is 1.02 bits per heavy atom. The van der Waals surface area contributed by atoms with Crippen LogP contribution < -0.4 is 15.6 Å². The maximum atomic E-state index is 13.6. The fourth-order valence-corrected chi connectivity index (χ4v) is 4.58. The molecule has 1 atom stereocenters. The number of carbonyl (C=O) groups is 3. The number of amides is 1. The number of carboxylic acid groups (broad SMARTS) is 1. The SMILES string of the molecule is COc1cn(C(Cc2ccc([N+](=O)[O-])cc2)C(=O)Nc2ccc(C(=O)O)cc2)c(=O)cc1-c1cc(Cl)ccc1C(C)=O. The number of hydrogen-bond acceptors (Lipinski definition) is 7. The number of benzene rings is 3. The molecule has 0 saturated carbocycles. The maximum Gasteiger partial charge on any atom is 0.335 e. The molecule has 1 heterocycles. The second kappa shape index (κ2) is 12.5. The Morgan fingerprint density at radius 2 is 1.69 bits per heavy atom. The molecule has 4 rings (SSSR count). The van der Waals surface area contributed by atoms with Crippen LogP contribution in [0.15, 0.2) is 83.8 Å². The Balaban J connectivity index is 1.80. The number of carbonyl (C=O) groups excluding carboxylic acids is 2. The predicted octanol–water partition coefficient (Wildman–Crippen LogP) is 5.41. The summed E-state index contributed by atoms with van der Waals surface area (Å²) < 4.78 is 6.74. The van der Waals surface area contributed by atoms with Gasteiger partial charge in [-0.2, -0.15) is 0 Å². The third-order valence-corrected chi connectivity index (χ3v) is 6.76. The minimum absolute atomic E-state index is 0.0259. The van der Waals surface area contributed by atoms with Gasteiger partial charge in [-0.25, -0.2) is 4.79 Å². The van der Waals surface area contributed by atoms with Crippen molar-refractivity contribution in [3.63, 3.8) is 0 Å². The van der Waals surface area contributed by atoms with Crippen LogP contribution in [-0.2, 0) is 11.2 Å². The van der Waals surface area contributed by atoms with Gasteiger partial charge in [-0.1, -0.05) is 23.7 Å². The van der Waals surface area contributed by atoms with Crippen LogP contribution in [0.2, 0.25) is 5.02 Å². The highest BCUT2D eigenvalue weighted by Gasteiger charge is 2.25. The molecule has 1 amide bonds. The summed E-state index contributed by atoms with van der Waals surface area (Å²) >= 11 is 6.19. The number of nitro benzene ring substituents is 1. The number of methoxy groups -OCH3 is 1. The normalized spacial score (nSPS) is 11.4. The van der Waals surface area contributed by atoms with Gasteiger partial charge < -0.3 is 15.2 Å². The van der Waals surface area contributed by atoms with Gasteiger partial charge in [-0.15, -0.1) is 0 Å². The van der Waals surface area contributed by atoms with Gasteiger partial charge in [0.1, 0.15) is 11.8 Å². The van der Waals surface area contributed by atoms with Gasteiger partial charge in [0, 0.05) is 46.5 Å². The van der Waals surface area contributed by atoms with Crippen molar-refractivity contribution in [2.45, 2.75) is 19.4 Å². The lowest BCUT2D eigenvalue weighted by Gasteiger charge is -2.22. The molecule has 0 aliphatic heterocycles. The van der Waals surface area contributed by atoms with Crippen LogP contribution >= 0.6 is 11.6 Å². The third kappa shape index (κ3) is 6.53. The lowest BCUT2D eigenvalue weighted by atomic mass is 9.97. The van der Waals surface area contributed by atoms with Crippen LogP contribution in [0.25, 0.3) is 11.1 Å². The average Bonchev–Trinajstić information content (AvgIpc) is 2.96. The molecule has 214 valence electrons. The van der Waals surface area contributed by atoms with Gasteiger partial charge in [-0.05, 0) is 60.5 Å². The first kappa shape index (κ1) is 29.7. The van der Waals surface area contributed by atoms with Crippen molar-refractivity contribution >= 4 is 40.6 Å². The average molecular weight is 590 g/mol. The molecule has 0 bridgehead atoms. The van der Waals surface area contributed by atoms with Crippen molar-refractivity contribution in [2.24, 2.45) is 0 Å². The standard InChI is InChI=1S/C30H24ClN3O8/c1-17(35)23-12-7-20(31)14-24(23)25-15-28(36)33(16-27(25)42-2)26(13-18-3-10-22(11-4-18)34(40)41)29(37)32-21-8-5-19(6-9-21)30(38)39/h3-12,14-16,26H,13H2,1-2H3,(H,32,37)(H,38,39). The number of Topliss-reactive ketones (excluding diaryl/α,β-unsaturated/α-hetero) is 1. The van der Waals surface area contributed by atoms with Crippen LogP contribution in [0.1, 0.15) is 39.2 Å². The summed E-state index contributed by atoms with van der Waals surface area (Å²) in [6.07, 6.45) is 1.32. The lowest BCUT2D eigenvalue weighted by molar-refractivity contribution is -0.384. The number of ketones is 1. The zero-order valence-electron chi connectivity index (χ0n) is 22.4. The van der Waals surface area contributed by atoms with Gasteiger partial charge in [0.05, 0.1) is 23.8 Å². The van der Waals surface area contributed by atoms with E-state index in [1.54, 1.807) is 18.2 Å². The van der Waals surface area contributed by atoms with E-state index < -0.39 is 28.4 Å². The molecule has 0 aliphatic carbocycles. The summed E-state index contributed by atoms with van der Waals surface area (Å²) in [6.45, 7) is 1.38. The summed E-state index contributed by atoms with van der Waals surface area (Å²) in [6, 6.07) is 15.8. The smallest absolute Gasteiger partial charge is 0.335 e. The molecule has 4 aromatic rings. The van der Waals surface area contributed by atoms with E-state index in [9.17, 15) is 29.3 Å². The molecule has 3 aromatic carbocycles. The first-order valence-electron chi connectivity index (χ1n) is 12.5. The van der Waals surface area contributed by atoms with E-state index in [1.165, 1.54) is 79.4 Å². The number of pyridine rings is 1. The number of nitrogens with zero attached hydrogens (tertiary/aromatic N) is 2. The van der Waals surface area contributed by atoms with E-state index in [-0.39, 0.29) is 29.2 Å². The summed E-state index contributed by atoms with van der Waals surface area (Å²) in [5.74, 6) is -1.81.